The van der Waals surface area contributed by atoms with Crippen molar-refractivity contribution in [2.24, 2.45) is 0 Å². The van der Waals surface area contributed by atoms with Gasteiger partial charge in [-0.25, -0.2) is 4.39 Å². The average molecular weight is 716 g/mol. The van der Waals surface area contributed by atoms with Gasteiger partial charge in [-0.1, -0.05) is 100 Å². The van der Waals surface area contributed by atoms with Crippen LogP contribution in [0.25, 0.3) is 11.0 Å². The Morgan fingerprint density at radius 1 is 0.958 bits per heavy atom. The number of anilines is 2. The predicted octanol–water partition coefficient (Wildman–Crippen LogP) is 8.14. The first-order valence-corrected chi connectivity index (χ1v) is 17.2. The predicted molar refractivity (Wildman–Crippen MR) is 185 cm³/mol. The maximum absolute atomic E-state index is 15.1. The molecule has 13 heteroatoms. The number of nitrogens with zero attached hydrogens (tertiary/aromatic N) is 4. The highest BCUT2D eigenvalue weighted by molar-refractivity contribution is 8.00. The van der Waals surface area contributed by atoms with Crippen LogP contribution < -0.4 is 15.2 Å². The maximum Gasteiger partial charge on any atom is 0.297 e. The van der Waals surface area contributed by atoms with Gasteiger partial charge in [-0.15, -0.1) is 10.2 Å². The molecule has 1 atom stereocenters. The third kappa shape index (κ3) is 4.67. The molecule has 0 bridgehead atoms. The third-order valence-corrected chi connectivity index (χ3v) is 11.1. The van der Waals surface area contributed by atoms with Gasteiger partial charge < -0.3 is 9.32 Å². The Bertz CT molecular complexity index is 2400. The van der Waals surface area contributed by atoms with Crippen molar-refractivity contribution in [3.05, 3.63) is 145 Å². The fourth-order valence-corrected chi connectivity index (χ4v) is 8.87. The zero-order valence-electron chi connectivity index (χ0n) is 24.9. The van der Waals surface area contributed by atoms with E-state index >= 15 is 4.79 Å². The van der Waals surface area contributed by atoms with Gasteiger partial charge in [-0.05, 0) is 54.4 Å². The molecule has 0 fully saturated rings. The molecule has 1 unspecified atom stereocenters. The number of benzene rings is 4. The van der Waals surface area contributed by atoms with E-state index in [2.05, 4.69) is 10.2 Å². The molecule has 0 aliphatic carbocycles. The zero-order chi connectivity index (χ0) is 33.3. The van der Waals surface area contributed by atoms with Crippen LogP contribution in [0, 0.1) is 12.7 Å². The molecule has 48 heavy (non-hydrogen) atoms. The number of aryl methyl sites for hydroxylation is 1. The van der Waals surface area contributed by atoms with Crippen molar-refractivity contribution < 1.29 is 18.4 Å². The first-order valence-electron chi connectivity index (χ1n) is 14.7. The van der Waals surface area contributed by atoms with Gasteiger partial charge in [0, 0.05) is 21.4 Å². The second-order valence-electron chi connectivity index (χ2n) is 11.4. The van der Waals surface area contributed by atoms with Crippen LogP contribution in [0.15, 0.2) is 98.5 Å². The summed E-state index contributed by atoms with van der Waals surface area (Å²) in [5.74, 6) is -1.81. The molecule has 2 amide bonds. The molecule has 8 nitrogen and oxygen atoms in total. The largest absolute Gasteiger partial charge is 0.450 e. The number of hydrogen-bond acceptors (Lipinski definition) is 8. The number of carbonyl (C=O) groups is 2. The number of para-hydroxylation sites is 1. The molecule has 2 aliphatic rings. The van der Waals surface area contributed by atoms with Crippen LogP contribution in [-0.4, -0.2) is 22.0 Å². The molecule has 2 aromatic heterocycles. The number of rotatable bonds is 6. The number of carbonyl (C=O) groups excluding carboxylic acids is 2. The molecule has 0 radical (unpaired) electrons. The van der Waals surface area contributed by atoms with Gasteiger partial charge in [0.2, 0.25) is 10.9 Å². The number of hydrogen-bond donors (Lipinski definition) is 0. The summed E-state index contributed by atoms with van der Waals surface area (Å²) in [6.45, 7) is 2.13. The van der Waals surface area contributed by atoms with Gasteiger partial charge in [-0.3, -0.25) is 19.3 Å². The van der Waals surface area contributed by atoms with E-state index in [0.29, 0.717) is 31.4 Å². The van der Waals surface area contributed by atoms with Crippen molar-refractivity contribution in [1.29, 1.82) is 0 Å². The number of aromatic nitrogens is 2. The Morgan fingerprint density at radius 3 is 2.60 bits per heavy atom. The Labute approximate surface area is 290 Å². The first-order chi connectivity index (χ1) is 23.2. The van der Waals surface area contributed by atoms with Gasteiger partial charge in [-0.2, -0.15) is 0 Å². The normalized spacial score (nSPS) is 16.8. The summed E-state index contributed by atoms with van der Waals surface area (Å²) >= 11 is 14.9. The van der Waals surface area contributed by atoms with Gasteiger partial charge in [0.1, 0.15) is 11.4 Å². The Morgan fingerprint density at radius 2 is 1.79 bits per heavy atom. The molecule has 238 valence electrons. The number of thioether (sulfide) groups is 1. The molecule has 8 rings (SSSR count). The minimum absolute atomic E-state index is 0.0224. The van der Waals surface area contributed by atoms with Crippen molar-refractivity contribution in [2.75, 3.05) is 9.80 Å². The van der Waals surface area contributed by atoms with Crippen LogP contribution in [0.2, 0.25) is 10.0 Å². The molecule has 0 saturated carbocycles. The monoisotopic (exact) mass is 714 g/mol. The SMILES string of the molecule is Cc1cccc(CN2C(=O)C3(c4ccccc42)c2c(oc4ccc(F)cc4c2=O)C(=O)N3c2nnc(SCc3ccc(Cl)cc3Cl)s2)c1. The van der Waals surface area contributed by atoms with E-state index in [0.717, 1.165) is 40.2 Å². The lowest BCUT2D eigenvalue weighted by Crippen LogP contribution is -2.53. The smallest absolute Gasteiger partial charge is 0.297 e. The Kier molecular flexibility index (Phi) is 7.40. The van der Waals surface area contributed by atoms with E-state index in [1.54, 1.807) is 41.3 Å². The van der Waals surface area contributed by atoms with Crippen molar-refractivity contribution in [1.82, 2.24) is 10.2 Å². The lowest BCUT2D eigenvalue weighted by molar-refractivity contribution is -0.121. The maximum atomic E-state index is 15.1. The van der Waals surface area contributed by atoms with Crippen molar-refractivity contribution in [3.63, 3.8) is 0 Å². The summed E-state index contributed by atoms with van der Waals surface area (Å²) in [5, 5.41) is 9.71. The number of halogens is 3. The first kappa shape index (κ1) is 30.8. The lowest BCUT2D eigenvalue weighted by atomic mass is 9.84. The van der Waals surface area contributed by atoms with Crippen LogP contribution in [0.4, 0.5) is 15.2 Å². The standard InChI is InChI=1S/C35H21Cl2FN4O4S2/c1-18-5-4-6-19(13-18)16-41-26-8-3-2-7-24(26)35(32(41)45)28-29(43)23-15-22(38)11-12-27(23)46-30(28)31(44)42(35)33-39-40-34(48-33)47-17-20-9-10-21(36)14-25(20)37/h2-15H,16-17H2,1H3. The van der Waals surface area contributed by atoms with Crippen LogP contribution in [-0.2, 0) is 22.6 Å². The number of fused-ring (bicyclic) bond motifs is 5. The van der Waals surface area contributed by atoms with E-state index in [1.807, 2.05) is 37.3 Å². The summed E-state index contributed by atoms with van der Waals surface area (Å²) in [5.41, 5.74) is 0.770. The van der Waals surface area contributed by atoms with Crippen molar-refractivity contribution in [2.45, 2.75) is 29.1 Å². The summed E-state index contributed by atoms with van der Waals surface area (Å²) in [6, 6.07) is 23.5. The van der Waals surface area contributed by atoms with E-state index in [-0.39, 0.29) is 34.0 Å². The van der Waals surface area contributed by atoms with E-state index in [1.165, 1.54) is 22.7 Å². The minimum Gasteiger partial charge on any atom is -0.450 e. The number of amides is 2. The lowest BCUT2D eigenvalue weighted by Gasteiger charge is -2.32. The van der Waals surface area contributed by atoms with Gasteiger partial charge in [0.15, 0.2) is 15.3 Å². The highest BCUT2D eigenvalue weighted by Crippen LogP contribution is 2.55. The second-order valence-corrected chi connectivity index (χ2v) is 14.4. The Hall–Kier alpha value is -4.55. The van der Waals surface area contributed by atoms with Gasteiger partial charge in [0.05, 0.1) is 23.2 Å². The van der Waals surface area contributed by atoms with Crippen molar-refractivity contribution in [3.8, 4) is 0 Å². The van der Waals surface area contributed by atoms with Gasteiger partial charge >= 0.3 is 0 Å². The van der Waals surface area contributed by atoms with E-state index < -0.39 is 28.6 Å². The zero-order valence-corrected chi connectivity index (χ0v) is 28.0. The summed E-state index contributed by atoms with van der Waals surface area (Å²) < 4.78 is 21.0. The highest BCUT2D eigenvalue weighted by Gasteiger charge is 2.66. The van der Waals surface area contributed by atoms with E-state index in [9.17, 15) is 14.0 Å². The minimum atomic E-state index is -1.99. The quantitative estimate of drug-likeness (QED) is 0.127. The topological polar surface area (TPSA) is 96.6 Å². The molecule has 1 spiro atoms. The molecular weight excluding hydrogens is 694 g/mol. The highest BCUT2D eigenvalue weighted by atomic mass is 35.5. The summed E-state index contributed by atoms with van der Waals surface area (Å²) in [4.78, 5) is 46.8. The fraction of sp³-hybridized carbons (Fsp3) is 0.114. The van der Waals surface area contributed by atoms with Gasteiger partial charge in [0.25, 0.3) is 11.8 Å². The fourth-order valence-electron chi connectivity index (χ4n) is 6.41. The van der Waals surface area contributed by atoms with Crippen LogP contribution in [0.1, 0.15) is 38.4 Å². The Balaban J connectivity index is 1.31. The van der Waals surface area contributed by atoms with Crippen LogP contribution >= 0.6 is 46.3 Å². The summed E-state index contributed by atoms with van der Waals surface area (Å²) in [6.07, 6.45) is 0. The second kappa shape index (κ2) is 11.6. The molecule has 4 aromatic carbocycles. The van der Waals surface area contributed by atoms with Crippen LogP contribution in [0.3, 0.4) is 0 Å². The summed E-state index contributed by atoms with van der Waals surface area (Å²) in [7, 11) is 0. The van der Waals surface area contributed by atoms with Crippen LogP contribution in [0.5, 0.6) is 0 Å². The molecule has 0 N–H and O–H groups in total. The molecule has 6 aromatic rings. The molecule has 0 saturated heterocycles. The average Bonchev–Trinajstić information content (AvgIpc) is 3.70. The molecule has 4 heterocycles. The molecular formula is C35H21Cl2FN4O4S2. The molecule has 2 aliphatic heterocycles. The van der Waals surface area contributed by atoms with E-state index in [4.69, 9.17) is 27.6 Å². The third-order valence-electron chi connectivity index (χ3n) is 8.46. The van der Waals surface area contributed by atoms with Crippen molar-refractivity contribution >= 4 is 79.9 Å².